The number of rotatable bonds is 5. The molecular weight excluding hydrogens is 656 g/mol. The first kappa shape index (κ1) is 21.1. The molecule has 0 spiro atoms. The van der Waals surface area contributed by atoms with Crippen molar-refractivity contribution in [3.05, 3.63) is 64.0 Å². The van der Waals surface area contributed by atoms with E-state index in [1.165, 1.54) is 4.90 Å². The zero-order chi connectivity index (χ0) is 19.6. The molecule has 2 amide bonds. The molecule has 0 unspecified atom stereocenters. The van der Waals surface area contributed by atoms with Crippen molar-refractivity contribution in [1.82, 2.24) is 4.90 Å². The lowest BCUT2D eigenvalue weighted by atomic mass is 10.2. The second-order valence-electron chi connectivity index (χ2n) is 5.64. The first-order valence-electron chi connectivity index (χ1n) is 8.00. The van der Waals surface area contributed by atoms with E-state index in [1.807, 2.05) is 43.3 Å². The normalized spacial score (nSPS) is 15.7. The van der Waals surface area contributed by atoms with E-state index in [0.717, 1.165) is 40.3 Å². The van der Waals surface area contributed by atoms with Crippen molar-refractivity contribution in [2.24, 2.45) is 0 Å². The number of halogens is 3. The van der Waals surface area contributed by atoms with Crippen LogP contribution in [-0.4, -0.2) is 22.7 Å². The second-order valence-corrected chi connectivity index (χ2v) is 9.87. The Morgan fingerprint density at radius 2 is 1.78 bits per heavy atom. The number of amides is 2. The van der Waals surface area contributed by atoms with Crippen LogP contribution in [0.4, 0.5) is 4.79 Å². The Morgan fingerprint density at radius 3 is 2.37 bits per heavy atom. The number of imide groups is 1. The van der Waals surface area contributed by atoms with Crippen molar-refractivity contribution in [3.8, 4) is 5.75 Å². The molecule has 1 saturated heterocycles. The molecule has 0 N–H and O–H groups in total. The average Bonchev–Trinajstić information content (AvgIpc) is 2.87. The Hall–Kier alpha value is -0.590. The zero-order valence-electron chi connectivity index (χ0n) is 14.2. The van der Waals surface area contributed by atoms with E-state index in [1.54, 1.807) is 6.08 Å². The summed E-state index contributed by atoms with van der Waals surface area (Å²) in [6.45, 7) is 2.81. The number of ether oxygens (including phenoxy) is 1. The van der Waals surface area contributed by atoms with Crippen LogP contribution in [0.1, 0.15) is 18.1 Å². The molecule has 0 aromatic heterocycles. The molecule has 27 heavy (non-hydrogen) atoms. The quantitative estimate of drug-likeness (QED) is 0.277. The van der Waals surface area contributed by atoms with Gasteiger partial charge in [-0.1, -0.05) is 28.1 Å². The molecule has 0 aliphatic carbocycles. The molecule has 2 aromatic rings. The number of carbonyl (C=O) groups excluding carboxylic acids is 2. The number of hydrogen-bond donors (Lipinski definition) is 0. The third-order valence-corrected chi connectivity index (χ3v) is 6.77. The van der Waals surface area contributed by atoms with Gasteiger partial charge in [-0.2, -0.15) is 0 Å². The van der Waals surface area contributed by atoms with Crippen LogP contribution in [-0.2, 0) is 11.3 Å². The van der Waals surface area contributed by atoms with Crippen LogP contribution in [0.15, 0.2) is 45.8 Å². The molecule has 1 aliphatic rings. The maximum absolute atomic E-state index is 12.7. The Kier molecular flexibility index (Phi) is 7.25. The van der Waals surface area contributed by atoms with Crippen molar-refractivity contribution in [2.45, 2.75) is 13.5 Å². The molecule has 1 aliphatic heterocycles. The number of hydrogen-bond acceptors (Lipinski definition) is 4. The van der Waals surface area contributed by atoms with Crippen molar-refractivity contribution in [1.29, 1.82) is 0 Å². The van der Waals surface area contributed by atoms with E-state index in [2.05, 4.69) is 61.1 Å². The largest absolute Gasteiger partial charge is 0.492 e. The van der Waals surface area contributed by atoms with Crippen molar-refractivity contribution < 1.29 is 14.3 Å². The maximum Gasteiger partial charge on any atom is 0.293 e. The van der Waals surface area contributed by atoms with Gasteiger partial charge in [0, 0.05) is 4.47 Å². The fourth-order valence-corrected chi connectivity index (χ4v) is 5.74. The monoisotopic (exact) mass is 669 g/mol. The summed E-state index contributed by atoms with van der Waals surface area (Å²) >= 11 is 8.80. The van der Waals surface area contributed by atoms with Gasteiger partial charge in [0.1, 0.15) is 5.75 Å². The van der Waals surface area contributed by atoms with Gasteiger partial charge in [-0.25, -0.2) is 0 Å². The Labute approximate surface area is 197 Å². The molecule has 8 heteroatoms. The van der Waals surface area contributed by atoms with Crippen LogP contribution in [0.3, 0.4) is 0 Å². The van der Waals surface area contributed by atoms with Crippen LogP contribution >= 0.6 is 72.9 Å². The lowest BCUT2D eigenvalue weighted by Gasteiger charge is -2.12. The highest BCUT2D eigenvalue weighted by Gasteiger charge is 2.35. The second kappa shape index (κ2) is 9.27. The summed E-state index contributed by atoms with van der Waals surface area (Å²) in [7, 11) is 0. The van der Waals surface area contributed by atoms with Crippen LogP contribution in [0.25, 0.3) is 6.08 Å². The molecule has 1 fully saturated rings. The first-order valence-corrected chi connectivity index (χ1v) is 11.8. The summed E-state index contributed by atoms with van der Waals surface area (Å²) in [5.74, 6) is 0.589. The smallest absolute Gasteiger partial charge is 0.293 e. The number of benzene rings is 2. The highest BCUT2D eigenvalue weighted by atomic mass is 127. The van der Waals surface area contributed by atoms with Crippen molar-refractivity contribution in [3.63, 3.8) is 0 Å². The standard InChI is InChI=1S/C19H14BrI2NO3S/c1-2-26-17-14(21)7-12(8-15(17)22)9-16-18(24)23(19(25)27-16)10-11-3-5-13(20)6-4-11/h3-9H,2,10H2,1H3/b16-9-. The Bertz CT molecular complexity index is 908. The summed E-state index contributed by atoms with van der Waals surface area (Å²) < 4.78 is 8.55. The lowest BCUT2D eigenvalue weighted by molar-refractivity contribution is -0.123. The minimum atomic E-state index is -0.258. The third-order valence-electron chi connectivity index (χ3n) is 3.73. The van der Waals surface area contributed by atoms with E-state index < -0.39 is 0 Å². The zero-order valence-corrected chi connectivity index (χ0v) is 20.9. The molecule has 3 rings (SSSR count). The van der Waals surface area contributed by atoms with Gasteiger partial charge in [0.15, 0.2) is 0 Å². The molecular formula is C19H14BrI2NO3S. The number of nitrogens with zero attached hydrogens (tertiary/aromatic N) is 1. The van der Waals surface area contributed by atoms with Crippen molar-refractivity contribution in [2.75, 3.05) is 6.61 Å². The summed E-state index contributed by atoms with van der Waals surface area (Å²) in [5, 5.41) is -0.246. The van der Waals surface area contributed by atoms with Gasteiger partial charge in [-0.3, -0.25) is 14.5 Å². The molecule has 0 saturated carbocycles. The van der Waals surface area contributed by atoms with Crippen LogP contribution in [0, 0.1) is 7.14 Å². The van der Waals surface area contributed by atoms with Gasteiger partial charge >= 0.3 is 0 Å². The SMILES string of the molecule is CCOc1c(I)cc(/C=C2\SC(=O)N(Cc3ccc(Br)cc3)C2=O)cc1I. The minimum absolute atomic E-state index is 0.246. The predicted molar refractivity (Wildman–Crippen MR) is 129 cm³/mol. The molecule has 2 aromatic carbocycles. The van der Waals surface area contributed by atoms with Crippen LogP contribution in [0.2, 0.25) is 0 Å². The van der Waals surface area contributed by atoms with E-state index in [9.17, 15) is 9.59 Å². The fraction of sp³-hybridized carbons (Fsp3) is 0.158. The van der Waals surface area contributed by atoms with Gasteiger partial charge in [0.25, 0.3) is 11.1 Å². The minimum Gasteiger partial charge on any atom is -0.492 e. The van der Waals surface area contributed by atoms with Gasteiger partial charge in [-0.15, -0.1) is 0 Å². The van der Waals surface area contributed by atoms with Gasteiger partial charge in [0.05, 0.1) is 25.2 Å². The van der Waals surface area contributed by atoms with Gasteiger partial charge < -0.3 is 4.74 Å². The molecule has 0 bridgehead atoms. The predicted octanol–water partition coefficient (Wildman–Crippen LogP) is 6.29. The van der Waals surface area contributed by atoms with Crippen LogP contribution < -0.4 is 4.74 Å². The maximum atomic E-state index is 12.7. The highest BCUT2D eigenvalue weighted by molar-refractivity contribution is 14.1. The molecule has 4 nitrogen and oxygen atoms in total. The lowest BCUT2D eigenvalue weighted by Crippen LogP contribution is -2.27. The third kappa shape index (κ3) is 5.07. The summed E-state index contributed by atoms with van der Waals surface area (Å²) in [6, 6.07) is 11.5. The molecule has 0 atom stereocenters. The average molecular weight is 670 g/mol. The van der Waals surface area contributed by atoms with Gasteiger partial charge in [0.2, 0.25) is 0 Å². The van der Waals surface area contributed by atoms with E-state index >= 15 is 0 Å². The van der Waals surface area contributed by atoms with E-state index in [-0.39, 0.29) is 17.7 Å². The number of thioether (sulfide) groups is 1. The number of carbonyl (C=O) groups is 2. The van der Waals surface area contributed by atoms with Gasteiger partial charge in [-0.05, 0) is 105 Å². The summed E-state index contributed by atoms with van der Waals surface area (Å²) in [6.07, 6.45) is 1.77. The molecule has 140 valence electrons. The first-order chi connectivity index (χ1) is 12.9. The molecule has 0 radical (unpaired) electrons. The van der Waals surface area contributed by atoms with E-state index in [4.69, 9.17) is 4.74 Å². The summed E-state index contributed by atoms with van der Waals surface area (Å²) in [5.41, 5.74) is 1.79. The van der Waals surface area contributed by atoms with Crippen LogP contribution in [0.5, 0.6) is 5.75 Å². The topological polar surface area (TPSA) is 46.6 Å². The highest BCUT2D eigenvalue weighted by Crippen LogP contribution is 2.35. The Morgan fingerprint density at radius 1 is 1.15 bits per heavy atom. The molecule has 1 heterocycles. The fourth-order valence-electron chi connectivity index (χ4n) is 2.51. The van der Waals surface area contributed by atoms with E-state index in [0.29, 0.717) is 11.5 Å². The van der Waals surface area contributed by atoms with Crippen molar-refractivity contribution >= 4 is 90.1 Å². The Balaban J connectivity index is 1.82. The summed E-state index contributed by atoms with van der Waals surface area (Å²) in [4.78, 5) is 26.8.